The van der Waals surface area contributed by atoms with Crippen LogP contribution in [0.15, 0.2) is 36.9 Å². The number of unbranched alkanes of at least 4 members (excludes halogenated alkanes) is 2. The molecule has 0 N–H and O–H groups in total. The highest BCUT2D eigenvalue weighted by Crippen LogP contribution is 2.22. The van der Waals surface area contributed by atoms with E-state index in [1.165, 1.54) is 11.2 Å². The highest BCUT2D eigenvalue weighted by Gasteiger charge is 2.34. The molecule has 0 atom stereocenters. The number of fused-ring (bicyclic) bond motifs is 1. The second-order valence-corrected chi connectivity index (χ2v) is 5.03. The first kappa shape index (κ1) is 13.5. The van der Waals surface area contributed by atoms with Gasteiger partial charge in [-0.25, -0.2) is 4.98 Å². The number of carbonyl (C=O) groups is 2. The van der Waals surface area contributed by atoms with Crippen molar-refractivity contribution < 1.29 is 9.59 Å². The molecule has 0 bridgehead atoms. The summed E-state index contributed by atoms with van der Waals surface area (Å²) >= 11 is 0. The second kappa shape index (κ2) is 5.87. The summed E-state index contributed by atoms with van der Waals surface area (Å²) in [5, 5.41) is 4.03. The van der Waals surface area contributed by atoms with Crippen LogP contribution in [-0.4, -0.2) is 38.0 Å². The number of aryl methyl sites for hydroxylation is 1. The van der Waals surface area contributed by atoms with Gasteiger partial charge in [-0.05, 0) is 31.4 Å². The molecule has 1 aromatic heterocycles. The van der Waals surface area contributed by atoms with Crippen molar-refractivity contribution in [3.8, 4) is 0 Å². The fourth-order valence-corrected chi connectivity index (χ4v) is 2.51. The lowest BCUT2D eigenvalue weighted by Gasteiger charge is -2.13. The lowest BCUT2D eigenvalue weighted by molar-refractivity contribution is 0.0651. The van der Waals surface area contributed by atoms with E-state index in [1.807, 2.05) is 0 Å². The molecule has 2 amide bonds. The van der Waals surface area contributed by atoms with E-state index in [0.29, 0.717) is 17.7 Å². The quantitative estimate of drug-likeness (QED) is 0.598. The Morgan fingerprint density at radius 2 is 1.57 bits per heavy atom. The van der Waals surface area contributed by atoms with Crippen molar-refractivity contribution in [3.63, 3.8) is 0 Å². The smallest absolute Gasteiger partial charge is 0.261 e. The highest BCUT2D eigenvalue weighted by atomic mass is 16.2. The molecule has 1 aliphatic rings. The number of carbonyl (C=O) groups excluding carboxylic acids is 2. The summed E-state index contributed by atoms with van der Waals surface area (Å²) < 4.78 is 1.78. The molecule has 2 aromatic rings. The zero-order valence-corrected chi connectivity index (χ0v) is 11.6. The fraction of sp³-hybridized carbons (Fsp3) is 0.333. The van der Waals surface area contributed by atoms with E-state index in [1.54, 1.807) is 35.3 Å². The summed E-state index contributed by atoms with van der Waals surface area (Å²) in [5.74, 6) is -0.348. The minimum Gasteiger partial charge on any atom is -0.274 e. The van der Waals surface area contributed by atoms with Gasteiger partial charge in [0.05, 0.1) is 11.1 Å². The maximum absolute atomic E-state index is 12.1. The van der Waals surface area contributed by atoms with E-state index in [9.17, 15) is 9.59 Å². The van der Waals surface area contributed by atoms with Crippen LogP contribution in [0.3, 0.4) is 0 Å². The summed E-state index contributed by atoms with van der Waals surface area (Å²) in [5.41, 5.74) is 1.04. The SMILES string of the molecule is O=C1c2ccccc2C(=O)N1CCCCCn1cncn1. The Morgan fingerprint density at radius 3 is 2.19 bits per heavy atom. The molecule has 108 valence electrons. The fourth-order valence-electron chi connectivity index (χ4n) is 2.51. The predicted molar refractivity (Wildman–Crippen MR) is 75.7 cm³/mol. The van der Waals surface area contributed by atoms with Crippen LogP contribution in [0.5, 0.6) is 0 Å². The molecular formula is C15H16N4O2. The number of hydrogen-bond acceptors (Lipinski definition) is 4. The van der Waals surface area contributed by atoms with Crippen LogP contribution < -0.4 is 0 Å². The molecule has 1 aromatic carbocycles. The Labute approximate surface area is 122 Å². The van der Waals surface area contributed by atoms with Gasteiger partial charge in [0.1, 0.15) is 12.7 Å². The molecule has 0 saturated carbocycles. The van der Waals surface area contributed by atoms with Gasteiger partial charge in [0.25, 0.3) is 11.8 Å². The zero-order valence-electron chi connectivity index (χ0n) is 11.6. The summed E-state index contributed by atoms with van der Waals surface area (Å²) in [6.45, 7) is 1.28. The first-order valence-corrected chi connectivity index (χ1v) is 7.05. The maximum atomic E-state index is 12.1. The van der Waals surface area contributed by atoms with E-state index in [2.05, 4.69) is 10.1 Å². The van der Waals surface area contributed by atoms with Gasteiger partial charge in [0.2, 0.25) is 0 Å². The summed E-state index contributed by atoms with van der Waals surface area (Å²) in [7, 11) is 0. The molecule has 0 unspecified atom stereocenters. The molecule has 3 rings (SSSR count). The molecular weight excluding hydrogens is 268 g/mol. The Balaban J connectivity index is 1.48. The molecule has 6 nitrogen and oxygen atoms in total. The van der Waals surface area contributed by atoms with Crippen LogP contribution in [0, 0.1) is 0 Å². The van der Waals surface area contributed by atoms with Gasteiger partial charge in [-0.3, -0.25) is 19.2 Å². The van der Waals surface area contributed by atoms with E-state index in [4.69, 9.17) is 0 Å². The standard InChI is InChI=1S/C15H16N4O2/c20-14-12-6-2-3-7-13(12)15(21)19(14)9-5-1-4-8-18-11-16-10-17-18/h2-3,6-7,10-11H,1,4-5,8-9H2. The average Bonchev–Trinajstić information content (AvgIpc) is 3.10. The largest absolute Gasteiger partial charge is 0.274 e. The minimum absolute atomic E-state index is 0.174. The van der Waals surface area contributed by atoms with Gasteiger partial charge < -0.3 is 0 Å². The van der Waals surface area contributed by atoms with Gasteiger partial charge in [0.15, 0.2) is 0 Å². The first-order chi connectivity index (χ1) is 10.3. The number of nitrogens with zero attached hydrogens (tertiary/aromatic N) is 4. The summed E-state index contributed by atoms with van der Waals surface area (Å²) in [6.07, 6.45) is 5.89. The molecule has 0 aliphatic carbocycles. The van der Waals surface area contributed by atoms with Gasteiger partial charge in [-0.15, -0.1) is 0 Å². The van der Waals surface area contributed by atoms with E-state index >= 15 is 0 Å². The lowest BCUT2D eigenvalue weighted by atomic mass is 10.1. The normalized spacial score (nSPS) is 13.8. The van der Waals surface area contributed by atoms with Crippen LogP contribution in [0.1, 0.15) is 40.0 Å². The van der Waals surface area contributed by atoms with Crippen molar-refractivity contribution in [1.29, 1.82) is 0 Å². The van der Waals surface area contributed by atoms with Gasteiger partial charge >= 0.3 is 0 Å². The highest BCUT2D eigenvalue weighted by molar-refractivity contribution is 6.21. The van der Waals surface area contributed by atoms with Gasteiger partial charge in [-0.2, -0.15) is 5.10 Å². The molecule has 0 radical (unpaired) electrons. The third kappa shape index (κ3) is 2.69. The van der Waals surface area contributed by atoms with Gasteiger partial charge in [0, 0.05) is 13.1 Å². The van der Waals surface area contributed by atoms with Crippen molar-refractivity contribution >= 4 is 11.8 Å². The van der Waals surface area contributed by atoms with Crippen LogP contribution >= 0.6 is 0 Å². The first-order valence-electron chi connectivity index (χ1n) is 7.05. The Hall–Kier alpha value is -2.50. The van der Waals surface area contributed by atoms with Crippen molar-refractivity contribution in [2.45, 2.75) is 25.8 Å². The molecule has 0 saturated heterocycles. The number of amides is 2. The van der Waals surface area contributed by atoms with Crippen molar-refractivity contribution in [2.75, 3.05) is 6.54 Å². The zero-order chi connectivity index (χ0) is 14.7. The second-order valence-electron chi connectivity index (χ2n) is 5.03. The van der Waals surface area contributed by atoms with E-state index < -0.39 is 0 Å². The van der Waals surface area contributed by atoms with Crippen LogP contribution in [-0.2, 0) is 6.54 Å². The number of aromatic nitrogens is 3. The molecule has 1 aliphatic heterocycles. The Morgan fingerprint density at radius 1 is 0.905 bits per heavy atom. The predicted octanol–water partition coefficient (Wildman–Crippen LogP) is 1.74. The monoisotopic (exact) mass is 284 g/mol. The van der Waals surface area contributed by atoms with Crippen molar-refractivity contribution in [2.24, 2.45) is 0 Å². The average molecular weight is 284 g/mol. The molecule has 6 heteroatoms. The third-order valence-electron chi connectivity index (χ3n) is 3.61. The Kier molecular flexibility index (Phi) is 3.77. The van der Waals surface area contributed by atoms with E-state index in [0.717, 1.165) is 25.8 Å². The van der Waals surface area contributed by atoms with Crippen molar-refractivity contribution in [3.05, 3.63) is 48.0 Å². The van der Waals surface area contributed by atoms with Crippen molar-refractivity contribution in [1.82, 2.24) is 19.7 Å². The number of rotatable bonds is 6. The molecule has 21 heavy (non-hydrogen) atoms. The van der Waals surface area contributed by atoms with Crippen LogP contribution in [0.2, 0.25) is 0 Å². The molecule has 0 fully saturated rings. The Bertz CT molecular complexity index is 616. The topological polar surface area (TPSA) is 68.1 Å². The van der Waals surface area contributed by atoms with Crippen LogP contribution in [0.4, 0.5) is 0 Å². The maximum Gasteiger partial charge on any atom is 0.261 e. The van der Waals surface area contributed by atoms with Crippen LogP contribution in [0.25, 0.3) is 0 Å². The number of hydrogen-bond donors (Lipinski definition) is 0. The molecule has 2 heterocycles. The minimum atomic E-state index is -0.174. The van der Waals surface area contributed by atoms with E-state index in [-0.39, 0.29) is 11.8 Å². The summed E-state index contributed by atoms with van der Waals surface area (Å²) in [6, 6.07) is 6.98. The molecule has 0 spiro atoms. The number of imide groups is 1. The third-order valence-corrected chi connectivity index (χ3v) is 3.61. The van der Waals surface area contributed by atoms with Gasteiger partial charge in [-0.1, -0.05) is 12.1 Å². The number of benzene rings is 1. The lowest BCUT2D eigenvalue weighted by Crippen LogP contribution is -2.30. The summed E-state index contributed by atoms with van der Waals surface area (Å²) in [4.78, 5) is 29.5.